The summed E-state index contributed by atoms with van der Waals surface area (Å²) in [6, 6.07) is 0.722. The van der Waals surface area contributed by atoms with Gasteiger partial charge in [0.25, 0.3) is 0 Å². The van der Waals surface area contributed by atoms with Crippen molar-refractivity contribution in [1.82, 2.24) is 10.2 Å². The summed E-state index contributed by atoms with van der Waals surface area (Å²) in [4.78, 5) is 24.7. The number of nitrogens with one attached hydrogen (secondary N) is 1. The minimum absolute atomic E-state index is 0.324. The molecule has 0 radical (unpaired) electrons. The summed E-state index contributed by atoms with van der Waals surface area (Å²) in [5.74, 6) is -0.930. The summed E-state index contributed by atoms with van der Waals surface area (Å²) in [5.41, 5.74) is 0.857. The number of aliphatic carboxylic acids is 1. The van der Waals surface area contributed by atoms with E-state index < -0.39 is 12.0 Å². The Bertz CT molecular complexity index is 430. The van der Waals surface area contributed by atoms with Gasteiger partial charge in [-0.2, -0.15) is 0 Å². The van der Waals surface area contributed by atoms with Gasteiger partial charge in [0.1, 0.15) is 6.04 Å². The minimum atomic E-state index is -0.930. The van der Waals surface area contributed by atoms with Crippen LogP contribution in [0.3, 0.4) is 0 Å². The average Bonchev–Trinajstić information content (AvgIpc) is 2.77. The van der Waals surface area contributed by atoms with Gasteiger partial charge in [-0.3, -0.25) is 0 Å². The van der Waals surface area contributed by atoms with Crippen LogP contribution in [0.1, 0.15) is 31.2 Å². The van der Waals surface area contributed by atoms with Crippen molar-refractivity contribution in [2.24, 2.45) is 0 Å². The Kier molecular flexibility index (Phi) is 4.43. The van der Waals surface area contributed by atoms with E-state index >= 15 is 0 Å². The third-order valence-corrected chi connectivity index (χ3v) is 3.32. The summed E-state index contributed by atoms with van der Waals surface area (Å²) in [5, 5.41) is 11.9. The van der Waals surface area contributed by atoms with Crippen molar-refractivity contribution in [2.45, 2.75) is 38.3 Å². The fraction of sp³-hybridized carbons (Fsp3) is 0.538. The minimum Gasteiger partial charge on any atom is -0.480 e. The molecule has 6 heteroatoms. The molecule has 1 fully saturated rings. The van der Waals surface area contributed by atoms with E-state index in [0.29, 0.717) is 19.5 Å². The first-order valence-corrected chi connectivity index (χ1v) is 6.47. The largest absolute Gasteiger partial charge is 0.480 e. The number of carbonyl (C=O) groups is 2. The Morgan fingerprint density at radius 3 is 2.95 bits per heavy atom. The highest BCUT2D eigenvalue weighted by atomic mass is 16.4. The summed E-state index contributed by atoms with van der Waals surface area (Å²) in [6.07, 6.45) is 6.28. The predicted octanol–water partition coefficient (Wildman–Crippen LogP) is 1.82. The number of furan rings is 1. The van der Waals surface area contributed by atoms with E-state index in [2.05, 4.69) is 5.32 Å². The van der Waals surface area contributed by atoms with Crippen molar-refractivity contribution in [3.8, 4) is 0 Å². The molecule has 2 rings (SSSR count). The molecule has 0 saturated carbocycles. The van der Waals surface area contributed by atoms with Gasteiger partial charge in [-0.05, 0) is 18.9 Å². The number of nitrogens with zero attached hydrogens (tertiary/aromatic N) is 1. The average molecular weight is 266 g/mol. The number of hydrogen-bond donors (Lipinski definition) is 2. The third-order valence-electron chi connectivity index (χ3n) is 3.32. The fourth-order valence-electron chi connectivity index (χ4n) is 2.28. The Morgan fingerprint density at radius 1 is 1.42 bits per heavy atom. The summed E-state index contributed by atoms with van der Waals surface area (Å²) in [7, 11) is 0. The van der Waals surface area contributed by atoms with Crippen LogP contribution in [-0.2, 0) is 11.3 Å². The normalized spacial score (nSPS) is 19.8. The predicted molar refractivity (Wildman–Crippen MR) is 67.5 cm³/mol. The van der Waals surface area contributed by atoms with Crippen molar-refractivity contribution < 1.29 is 19.1 Å². The zero-order valence-electron chi connectivity index (χ0n) is 10.7. The maximum atomic E-state index is 12.1. The molecular formula is C13H18N2O4. The molecule has 1 unspecified atom stereocenters. The molecule has 2 amide bonds. The van der Waals surface area contributed by atoms with Crippen molar-refractivity contribution >= 4 is 12.0 Å². The Balaban J connectivity index is 1.96. The van der Waals surface area contributed by atoms with Crippen LogP contribution in [0.2, 0.25) is 0 Å². The molecule has 19 heavy (non-hydrogen) atoms. The molecule has 1 aliphatic rings. The Hall–Kier alpha value is -1.98. The second kappa shape index (κ2) is 6.26. The van der Waals surface area contributed by atoms with Gasteiger partial charge < -0.3 is 19.7 Å². The quantitative estimate of drug-likeness (QED) is 0.874. The highest BCUT2D eigenvalue weighted by Gasteiger charge is 2.30. The molecule has 0 aliphatic carbocycles. The second-order valence-corrected chi connectivity index (χ2v) is 4.69. The first kappa shape index (κ1) is 13.5. The highest BCUT2D eigenvalue weighted by molar-refractivity contribution is 5.82. The summed E-state index contributed by atoms with van der Waals surface area (Å²) in [6.45, 7) is 0.840. The zero-order chi connectivity index (χ0) is 13.7. The number of hydrogen-bond acceptors (Lipinski definition) is 3. The standard InChI is InChI=1S/C13H18N2O4/c16-12(17)11-4-2-1-3-6-15(11)13(18)14-8-10-5-7-19-9-10/h5,7,9,11H,1-4,6,8H2,(H,14,18)(H,16,17). The van der Waals surface area contributed by atoms with Gasteiger partial charge in [0.15, 0.2) is 0 Å². The van der Waals surface area contributed by atoms with E-state index in [4.69, 9.17) is 4.42 Å². The molecule has 1 aliphatic heterocycles. The van der Waals surface area contributed by atoms with E-state index in [-0.39, 0.29) is 6.03 Å². The fourth-order valence-corrected chi connectivity index (χ4v) is 2.28. The van der Waals surface area contributed by atoms with Crippen LogP contribution < -0.4 is 5.32 Å². The van der Waals surface area contributed by atoms with E-state index in [9.17, 15) is 14.7 Å². The van der Waals surface area contributed by atoms with E-state index in [1.807, 2.05) is 0 Å². The van der Waals surface area contributed by atoms with E-state index in [1.54, 1.807) is 12.3 Å². The number of urea groups is 1. The van der Waals surface area contributed by atoms with Crippen LogP contribution in [0.25, 0.3) is 0 Å². The van der Waals surface area contributed by atoms with E-state index in [0.717, 1.165) is 24.8 Å². The lowest BCUT2D eigenvalue weighted by Gasteiger charge is -2.26. The van der Waals surface area contributed by atoms with Crippen LogP contribution >= 0.6 is 0 Å². The molecule has 1 aromatic rings. The third kappa shape index (κ3) is 3.49. The van der Waals surface area contributed by atoms with Crippen molar-refractivity contribution in [3.05, 3.63) is 24.2 Å². The van der Waals surface area contributed by atoms with Gasteiger partial charge in [0, 0.05) is 18.7 Å². The van der Waals surface area contributed by atoms with Gasteiger partial charge in [-0.1, -0.05) is 12.8 Å². The Labute approximate surface area is 111 Å². The van der Waals surface area contributed by atoms with Crippen molar-refractivity contribution in [3.63, 3.8) is 0 Å². The van der Waals surface area contributed by atoms with Gasteiger partial charge in [-0.25, -0.2) is 9.59 Å². The lowest BCUT2D eigenvalue weighted by atomic mass is 10.1. The maximum absolute atomic E-state index is 12.1. The molecular weight excluding hydrogens is 248 g/mol. The SMILES string of the molecule is O=C(O)C1CCCCCN1C(=O)NCc1ccoc1. The molecule has 1 atom stereocenters. The highest BCUT2D eigenvalue weighted by Crippen LogP contribution is 2.17. The van der Waals surface area contributed by atoms with Gasteiger partial charge >= 0.3 is 12.0 Å². The number of likely N-dealkylation sites (tertiary alicyclic amines) is 1. The second-order valence-electron chi connectivity index (χ2n) is 4.69. The molecule has 104 valence electrons. The lowest BCUT2D eigenvalue weighted by molar-refractivity contribution is -0.142. The molecule has 0 aromatic carbocycles. The van der Waals surface area contributed by atoms with E-state index in [1.165, 1.54) is 11.2 Å². The van der Waals surface area contributed by atoms with Crippen molar-refractivity contribution in [2.75, 3.05) is 6.54 Å². The van der Waals surface area contributed by atoms with Crippen LogP contribution in [0.4, 0.5) is 4.79 Å². The monoisotopic (exact) mass is 266 g/mol. The topological polar surface area (TPSA) is 82.8 Å². The molecule has 6 nitrogen and oxygen atoms in total. The van der Waals surface area contributed by atoms with Crippen LogP contribution in [0, 0.1) is 0 Å². The van der Waals surface area contributed by atoms with Gasteiger partial charge in [0.2, 0.25) is 0 Å². The van der Waals surface area contributed by atoms with Gasteiger partial charge in [-0.15, -0.1) is 0 Å². The smallest absolute Gasteiger partial charge is 0.326 e. The molecule has 2 N–H and O–H groups in total. The Morgan fingerprint density at radius 2 is 2.26 bits per heavy atom. The number of carboxylic acid groups (broad SMARTS) is 1. The number of carbonyl (C=O) groups excluding carboxylic acids is 1. The van der Waals surface area contributed by atoms with Gasteiger partial charge in [0.05, 0.1) is 12.5 Å². The molecule has 1 aromatic heterocycles. The number of carboxylic acids is 1. The molecule has 0 spiro atoms. The summed E-state index contributed by atoms with van der Waals surface area (Å²) >= 11 is 0. The first-order valence-electron chi connectivity index (χ1n) is 6.47. The number of rotatable bonds is 3. The number of amides is 2. The van der Waals surface area contributed by atoms with Crippen LogP contribution in [-0.4, -0.2) is 34.6 Å². The first-order chi connectivity index (χ1) is 9.18. The maximum Gasteiger partial charge on any atom is 0.326 e. The molecule has 2 heterocycles. The van der Waals surface area contributed by atoms with Crippen molar-refractivity contribution in [1.29, 1.82) is 0 Å². The zero-order valence-corrected chi connectivity index (χ0v) is 10.7. The van der Waals surface area contributed by atoms with Crippen LogP contribution in [0.15, 0.2) is 23.0 Å². The molecule has 0 bridgehead atoms. The lowest BCUT2D eigenvalue weighted by Crippen LogP contribution is -2.49. The van der Waals surface area contributed by atoms with Crippen LogP contribution in [0.5, 0.6) is 0 Å². The molecule has 1 saturated heterocycles. The summed E-state index contributed by atoms with van der Waals surface area (Å²) < 4.78 is 4.91.